The van der Waals surface area contributed by atoms with Gasteiger partial charge in [-0.1, -0.05) is 17.7 Å². The van der Waals surface area contributed by atoms with Crippen molar-refractivity contribution in [2.45, 2.75) is 13.0 Å². The van der Waals surface area contributed by atoms with E-state index in [1.165, 1.54) is 0 Å². The number of anilines is 2. The van der Waals surface area contributed by atoms with Crippen LogP contribution in [0.2, 0.25) is 5.02 Å². The van der Waals surface area contributed by atoms with E-state index in [9.17, 15) is 4.79 Å². The first-order valence-electron chi connectivity index (χ1n) is 6.24. The summed E-state index contributed by atoms with van der Waals surface area (Å²) in [5.41, 5.74) is 6.93. The molecule has 0 fully saturated rings. The van der Waals surface area contributed by atoms with E-state index in [-0.39, 0.29) is 5.91 Å². The zero-order chi connectivity index (χ0) is 15.4. The Morgan fingerprint density at radius 3 is 2.76 bits per heavy atom. The molecule has 0 aromatic heterocycles. The number of hydrogen-bond acceptors (Lipinski definition) is 3. The fourth-order valence-corrected chi connectivity index (χ4v) is 2.09. The maximum atomic E-state index is 12.1. The molecule has 6 heteroatoms. The van der Waals surface area contributed by atoms with E-state index in [1.54, 1.807) is 49.4 Å². The van der Waals surface area contributed by atoms with Crippen molar-refractivity contribution in [2.75, 3.05) is 11.1 Å². The minimum atomic E-state index is -0.659. The fraction of sp³-hybridized carbons (Fsp3) is 0.133. The molecular weight excluding hydrogens is 356 g/mol. The second-order valence-corrected chi connectivity index (χ2v) is 5.73. The topological polar surface area (TPSA) is 64.3 Å². The van der Waals surface area contributed by atoms with Gasteiger partial charge < -0.3 is 15.8 Å². The van der Waals surface area contributed by atoms with Gasteiger partial charge in [0.05, 0.1) is 0 Å². The van der Waals surface area contributed by atoms with Crippen LogP contribution in [0, 0.1) is 0 Å². The Balaban J connectivity index is 2.00. The smallest absolute Gasteiger partial charge is 0.265 e. The number of rotatable bonds is 4. The summed E-state index contributed by atoms with van der Waals surface area (Å²) in [6.45, 7) is 1.67. The fourth-order valence-electron chi connectivity index (χ4n) is 1.66. The lowest BCUT2D eigenvalue weighted by Crippen LogP contribution is -2.30. The van der Waals surface area contributed by atoms with Crippen LogP contribution in [0.15, 0.2) is 46.9 Å². The summed E-state index contributed by atoms with van der Waals surface area (Å²) in [5, 5.41) is 3.30. The number of halogens is 2. The third-order valence-corrected chi connectivity index (χ3v) is 3.70. The maximum Gasteiger partial charge on any atom is 0.265 e. The van der Waals surface area contributed by atoms with Crippen LogP contribution in [0.25, 0.3) is 0 Å². The van der Waals surface area contributed by atoms with Crippen molar-refractivity contribution in [3.8, 4) is 5.75 Å². The van der Waals surface area contributed by atoms with E-state index in [0.717, 1.165) is 4.47 Å². The minimum absolute atomic E-state index is 0.267. The summed E-state index contributed by atoms with van der Waals surface area (Å²) in [5.74, 6) is 0.275. The number of hydrogen-bond donors (Lipinski definition) is 2. The summed E-state index contributed by atoms with van der Waals surface area (Å²) in [6.07, 6.45) is -0.659. The van der Waals surface area contributed by atoms with Gasteiger partial charge in [0.15, 0.2) is 6.10 Å². The highest BCUT2D eigenvalue weighted by Gasteiger charge is 2.15. The van der Waals surface area contributed by atoms with Gasteiger partial charge in [-0.3, -0.25) is 4.79 Å². The lowest BCUT2D eigenvalue weighted by atomic mass is 10.2. The highest BCUT2D eigenvalue weighted by atomic mass is 79.9. The summed E-state index contributed by atoms with van der Waals surface area (Å²) in [6, 6.07) is 12.1. The van der Waals surface area contributed by atoms with Gasteiger partial charge in [0.25, 0.3) is 5.91 Å². The zero-order valence-electron chi connectivity index (χ0n) is 11.3. The van der Waals surface area contributed by atoms with Crippen LogP contribution in [0.1, 0.15) is 6.92 Å². The second kappa shape index (κ2) is 6.83. The molecule has 2 aromatic carbocycles. The molecule has 0 spiro atoms. The Morgan fingerprint density at radius 1 is 1.33 bits per heavy atom. The molecule has 0 heterocycles. The number of nitrogens with one attached hydrogen (secondary N) is 1. The van der Waals surface area contributed by atoms with Crippen LogP contribution >= 0.6 is 27.5 Å². The summed E-state index contributed by atoms with van der Waals surface area (Å²) >= 11 is 9.17. The lowest BCUT2D eigenvalue weighted by molar-refractivity contribution is -0.122. The van der Waals surface area contributed by atoms with Crippen LogP contribution in [-0.2, 0) is 4.79 Å². The first-order chi connectivity index (χ1) is 9.95. The number of carbonyl (C=O) groups excluding carboxylic acids is 1. The molecule has 1 unspecified atom stereocenters. The van der Waals surface area contributed by atoms with Gasteiger partial charge in [0.1, 0.15) is 5.75 Å². The molecule has 0 radical (unpaired) electrons. The summed E-state index contributed by atoms with van der Waals surface area (Å²) < 4.78 is 6.33. The van der Waals surface area contributed by atoms with Crippen LogP contribution in [-0.4, -0.2) is 12.0 Å². The van der Waals surface area contributed by atoms with Crippen molar-refractivity contribution in [2.24, 2.45) is 0 Å². The molecule has 0 saturated heterocycles. The van der Waals surface area contributed by atoms with Gasteiger partial charge in [-0.25, -0.2) is 0 Å². The number of carbonyl (C=O) groups is 1. The van der Waals surface area contributed by atoms with E-state index in [4.69, 9.17) is 22.1 Å². The second-order valence-electron chi connectivity index (χ2n) is 4.44. The van der Waals surface area contributed by atoms with Gasteiger partial charge in [-0.15, -0.1) is 0 Å². The molecule has 0 aliphatic carbocycles. The van der Waals surface area contributed by atoms with Crippen molar-refractivity contribution >= 4 is 44.8 Å². The van der Waals surface area contributed by atoms with Gasteiger partial charge in [0.2, 0.25) is 0 Å². The Kier molecular flexibility index (Phi) is 5.09. The van der Waals surface area contributed by atoms with E-state index < -0.39 is 6.10 Å². The third-order valence-electron chi connectivity index (χ3n) is 2.74. The number of ether oxygens (including phenoxy) is 1. The molecule has 2 aromatic rings. The first-order valence-corrected chi connectivity index (χ1v) is 7.41. The number of benzene rings is 2. The number of nitrogens with two attached hydrogens (primary N) is 1. The Labute approximate surface area is 136 Å². The minimum Gasteiger partial charge on any atom is -0.481 e. The van der Waals surface area contributed by atoms with Gasteiger partial charge >= 0.3 is 0 Å². The van der Waals surface area contributed by atoms with Crippen LogP contribution in [0.5, 0.6) is 5.75 Å². The molecule has 1 amide bonds. The molecule has 3 N–H and O–H groups in total. The van der Waals surface area contributed by atoms with E-state index >= 15 is 0 Å². The number of amides is 1. The quantitative estimate of drug-likeness (QED) is 0.798. The van der Waals surface area contributed by atoms with Crippen molar-refractivity contribution in [1.82, 2.24) is 0 Å². The first kappa shape index (κ1) is 15.7. The SMILES string of the molecule is CC(Oc1cccc(Cl)c1)C(=O)Nc1ccc(Br)c(N)c1. The van der Waals surface area contributed by atoms with Crippen molar-refractivity contribution in [3.63, 3.8) is 0 Å². The monoisotopic (exact) mass is 368 g/mol. The number of nitrogen functional groups attached to an aromatic ring is 1. The van der Waals surface area contributed by atoms with Gasteiger partial charge in [-0.2, -0.15) is 0 Å². The average molecular weight is 370 g/mol. The van der Waals surface area contributed by atoms with Crippen LogP contribution in [0.3, 0.4) is 0 Å². The molecule has 1 atom stereocenters. The summed E-state index contributed by atoms with van der Waals surface area (Å²) in [7, 11) is 0. The molecule has 2 rings (SSSR count). The molecule has 0 bridgehead atoms. The third kappa shape index (κ3) is 4.37. The Bertz CT molecular complexity index is 664. The molecule has 0 saturated carbocycles. The molecule has 4 nitrogen and oxygen atoms in total. The Morgan fingerprint density at radius 2 is 2.10 bits per heavy atom. The van der Waals surface area contributed by atoms with E-state index in [0.29, 0.717) is 22.1 Å². The summed E-state index contributed by atoms with van der Waals surface area (Å²) in [4.78, 5) is 12.1. The highest BCUT2D eigenvalue weighted by molar-refractivity contribution is 9.10. The van der Waals surface area contributed by atoms with E-state index in [1.807, 2.05) is 0 Å². The van der Waals surface area contributed by atoms with Crippen molar-refractivity contribution in [1.29, 1.82) is 0 Å². The molecule has 21 heavy (non-hydrogen) atoms. The van der Waals surface area contributed by atoms with Crippen LogP contribution in [0.4, 0.5) is 11.4 Å². The van der Waals surface area contributed by atoms with E-state index in [2.05, 4.69) is 21.2 Å². The maximum absolute atomic E-state index is 12.1. The predicted molar refractivity (Wildman–Crippen MR) is 88.7 cm³/mol. The van der Waals surface area contributed by atoms with Gasteiger partial charge in [-0.05, 0) is 59.3 Å². The van der Waals surface area contributed by atoms with Crippen LogP contribution < -0.4 is 15.8 Å². The molecule has 0 aliphatic heterocycles. The normalized spacial score (nSPS) is 11.8. The molecular formula is C15H14BrClN2O2. The van der Waals surface area contributed by atoms with Crippen molar-refractivity contribution < 1.29 is 9.53 Å². The Hall–Kier alpha value is -1.72. The van der Waals surface area contributed by atoms with Crippen molar-refractivity contribution in [3.05, 3.63) is 52.0 Å². The molecule has 0 aliphatic rings. The molecule has 110 valence electrons. The largest absolute Gasteiger partial charge is 0.481 e. The standard InChI is InChI=1S/C15H14BrClN2O2/c1-9(21-12-4-2-3-10(17)7-12)15(20)19-11-5-6-13(16)14(18)8-11/h2-9H,18H2,1H3,(H,19,20). The lowest BCUT2D eigenvalue weighted by Gasteiger charge is -2.15. The zero-order valence-corrected chi connectivity index (χ0v) is 13.6. The van der Waals surface area contributed by atoms with Gasteiger partial charge in [0, 0.05) is 20.9 Å². The average Bonchev–Trinajstić information content (AvgIpc) is 2.43. The predicted octanol–water partition coefficient (Wildman–Crippen LogP) is 4.09. The highest BCUT2D eigenvalue weighted by Crippen LogP contribution is 2.23.